The van der Waals surface area contributed by atoms with Crippen LogP contribution in [0, 0.1) is 0 Å². The fourth-order valence-electron chi connectivity index (χ4n) is 3.84. The molecule has 1 N–H and O–H groups in total. The van der Waals surface area contributed by atoms with Crippen LogP contribution < -0.4 is 5.32 Å². The average Bonchev–Trinajstić information content (AvgIpc) is 3.30. The fraction of sp³-hybridized carbons (Fsp3) is 0.318. The number of benzene rings is 2. The molecule has 6 heteroatoms. The van der Waals surface area contributed by atoms with Crippen LogP contribution in [0.15, 0.2) is 48.5 Å². The minimum absolute atomic E-state index is 0.263. The predicted molar refractivity (Wildman–Crippen MR) is 105 cm³/mol. The normalized spacial score (nSPS) is 16.5. The average molecular weight is 377 g/mol. The number of likely N-dealkylation sites (tertiary alicyclic amines) is 1. The summed E-state index contributed by atoms with van der Waals surface area (Å²) in [5, 5.41) is 2.86. The number of hydrogen-bond acceptors (Lipinski definition) is 4. The van der Waals surface area contributed by atoms with Crippen molar-refractivity contribution in [3.05, 3.63) is 70.8 Å². The summed E-state index contributed by atoms with van der Waals surface area (Å²) in [7, 11) is 0. The zero-order chi connectivity index (χ0) is 19.5. The SMILES string of the molecule is O=C(CN1C(=O)c2ccccc2C1=O)NCc1ccccc1CN1CCCC1. The Bertz CT molecular complexity index is 884. The van der Waals surface area contributed by atoms with Crippen LogP contribution in [0.2, 0.25) is 0 Å². The molecule has 2 aromatic rings. The Balaban J connectivity index is 1.37. The van der Waals surface area contributed by atoms with Gasteiger partial charge in [-0.1, -0.05) is 36.4 Å². The van der Waals surface area contributed by atoms with Gasteiger partial charge in [0.05, 0.1) is 11.1 Å². The van der Waals surface area contributed by atoms with E-state index in [1.54, 1.807) is 24.3 Å². The molecule has 28 heavy (non-hydrogen) atoms. The molecule has 0 atom stereocenters. The third-order valence-electron chi connectivity index (χ3n) is 5.37. The molecular weight excluding hydrogens is 354 g/mol. The maximum atomic E-state index is 12.4. The maximum Gasteiger partial charge on any atom is 0.262 e. The summed E-state index contributed by atoms with van der Waals surface area (Å²) < 4.78 is 0. The number of rotatable bonds is 6. The van der Waals surface area contributed by atoms with Crippen molar-refractivity contribution in [3.63, 3.8) is 0 Å². The molecule has 0 saturated carbocycles. The minimum atomic E-state index is -0.412. The number of hydrogen-bond donors (Lipinski definition) is 1. The Kier molecular flexibility index (Phi) is 5.21. The van der Waals surface area contributed by atoms with Crippen molar-refractivity contribution in [1.29, 1.82) is 0 Å². The van der Waals surface area contributed by atoms with E-state index in [9.17, 15) is 14.4 Å². The second-order valence-electron chi connectivity index (χ2n) is 7.27. The Hall–Kier alpha value is -2.99. The lowest BCUT2D eigenvalue weighted by Crippen LogP contribution is -2.40. The molecule has 2 heterocycles. The van der Waals surface area contributed by atoms with Gasteiger partial charge in [0.1, 0.15) is 6.54 Å². The monoisotopic (exact) mass is 377 g/mol. The molecule has 2 aromatic carbocycles. The van der Waals surface area contributed by atoms with Gasteiger partial charge in [-0.15, -0.1) is 0 Å². The van der Waals surface area contributed by atoms with Crippen LogP contribution in [0.3, 0.4) is 0 Å². The molecule has 0 radical (unpaired) electrons. The van der Waals surface area contributed by atoms with E-state index in [0.29, 0.717) is 17.7 Å². The molecular formula is C22H23N3O3. The lowest BCUT2D eigenvalue weighted by atomic mass is 10.1. The van der Waals surface area contributed by atoms with Gasteiger partial charge in [0.15, 0.2) is 0 Å². The number of amides is 3. The highest BCUT2D eigenvalue weighted by molar-refractivity contribution is 6.22. The van der Waals surface area contributed by atoms with Crippen LogP contribution in [0.5, 0.6) is 0 Å². The molecule has 2 aliphatic rings. The van der Waals surface area contributed by atoms with E-state index in [2.05, 4.69) is 16.3 Å². The summed E-state index contributed by atoms with van der Waals surface area (Å²) in [6.07, 6.45) is 2.47. The van der Waals surface area contributed by atoms with Gasteiger partial charge in [-0.3, -0.25) is 24.2 Å². The third-order valence-corrected chi connectivity index (χ3v) is 5.37. The van der Waals surface area contributed by atoms with Crippen LogP contribution in [0.4, 0.5) is 0 Å². The first-order valence-electron chi connectivity index (χ1n) is 9.64. The van der Waals surface area contributed by atoms with E-state index in [1.165, 1.54) is 18.4 Å². The molecule has 3 amide bonds. The topological polar surface area (TPSA) is 69.7 Å². The molecule has 144 valence electrons. The van der Waals surface area contributed by atoms with Gasteiger partial charge < -0.3 is 5.32 Å². The van der Waals surface area contributed by atoms with Gasteiger partial charge in [0.2, 0.25) is 5.91 Å². The van der Waals surface area contributed by atoms with Crippen molar-refractivity contribution in [2.24, 2.45) is 0 Å². The number of fused-ring (bicyclic) bond motifs is 1. The summed E-state index contributed by atoms with van der Waals surface area (Å²) in [6.45, 7) is 3.22. The van der Waals surface area contributed by atoms with Crippen molar-refractivity contribution >= 4 is 17.7 Å². The van der Waals surface area contributed by atoms with Gasteiger partial charge in [0, 0.05) is 13.1 Å². The summed E-state index contributed by atoms with van der Waals surface area (Å²) in [5.74, 6) is -1.17. The minimum Gasteiger partial charge on any atom is -0.350 e. The van der Waals surface area contributed by atoms with Crippen LogP contribution in [0.25, 0.3) is 0 Å². The van der Waals surface area contributed by atoms with E-state index in [1.807, 2.05) is 18.2 Å². The quantitative estimate of drug-likeness (QED) is 0.784. The van der Waals surface area contributed by atoms with Crippen molar-refractivity contribution < 1.29 is 14.4 Å². The van der Waals surface area contributed by atoms with E-state index in [4.69, 9.17) is 0 Å². The summed E-state index contributed by atoms with van der Waals surface area (Å²) in [5.41, 5.74) is 2.98. The van der Waals surface area contributed by atoms with E-state index < -0.39 is 11.8 Å². The van der Waals surface area contributed by atoms with Crippen molar-refractivity contribution in [2.45, 2.75) is 25.9 Å². The number of nitrogens with zero attached hydrogens (tertiary/aromatic N) is 2. The molecule has 4 rings (SSSR count). The molecule has 0 spiro atoms. The number of carbonyl (C=O) groups excluding carboxylic acids is 3. The van der Waals surface area contributed by atoms with Crippen molar-refractivity contribution in [2.75, 3.05) is 19.6 Å². The lowest BCUT2D eigenvalue weighted by Gasteiger charge is -2.18. The van der Waals surface area contributed by atoms with Gasteiger partial charge in [-0.2, -0.15) is 0 Å². The van der Waals surface area contributed by atoms with Crippen LogP contribution in [-0.4, -0.2) is 47.2 Å². The Morgan fingerprint density at radius 1 is 0.857 bits per heavy atom. The number of carbonyl (C=O) groups is 3. The zero-order valence-corrected chi connectivity index (χ0v) is 15.7. The highest BCUT2D eigenvalue weighted by Gasteiger charge is 2.36. The summed E-state index contributed by atoms with van der Waals surface area (Å²) in [6, 6.07) is 14.7. The standard InChI is InChI=1S/C22H23N3O3/c26-20(15-25-21(27)18-9-3-4-10-19(18)22(25)28)23-13-16-7-1-2-8-17(16)14-24-11-5-6-12-24/h1-4,7-10H,5-6,11-15H2,(H,23,26). The van der Waals surface area contributed by atoms with E-state index >= 15 is 0 Å². The molecule has 0 aromatic heterocycles. The molecule has 0 bridgehead atoms. The Labute approximate surface area is 164 Å². The van der Waals surface area contributed by atoms with Gasteiger partial charge in [-0.25, -0.2) is 0 Å². The second kappa shape index (κ2) is 7.94. The largest absolute Gasteiger partial charge is 0.350 e. The maximum absolute atomic E-state index is 12.4. The van der Waals surface area contributed by atoms with Crippen molar-refractivity contribution in [3.8, 4) is 0 Å². The van der Waals surface area contributed by atoms with Gasteiger partial charge in [-0.05, 0) is 49.2 Å². The molecule has 2 aliphatic heterocycles. The van der Waals surface area contributed by atoms with Crippen LogP contribution >= 0.6 is 0 Å². The highest BCUT2D eigenvalue weighted by atomic mass is 16.2. The number of imide groups is 1. The van der Waals surface area contributed by atoms with E-state index in [0.717, 1.165) is 30.1 Å². The lowest BCUT2D eigenvalue weighted by molar-refractivity contribution is -0.121. The van der Waals surface area contributed by atoms with Crippen LogP contribution in [-0.2, 0) is 17.9 Å². The molecule has 1 saturated heterocycles. The smallest absolute Gasteiger partial charge is 0.262 e. The molecule has 1 fully saturated rings. The molecule has 6 nitrogen and oxygen atoms in total. The van der Waals surface area contributed by atoms with Crippen LogP contribution in [0.1, 0.15) is 44.7 Å². The number of nitrogens with one attached hydrogen (secondary N) is 1. The van der Waals surface area contributed by atoms with Crippen molar-refractivity contribution in [1.82, 2.24) is 15.1 Å². The van der Waals surface area contributed by atoms with Gasteiger partial charge in [0.25, 0.3) is 11.8 Å². The Morgan fingerprint density at radius 3 is 2.07 bits per heavy atom. The first-order valence-corrected chi connectivity index (χ1v) is 9.64. The second-order valence-corrected chi connectivity index (χ2v) is 7.27. The summed E-state index contributed by atoms with van der Waals surface area (Å²) in [4.78, 5) is 40.6. The molecule has 0 aliphatic carbocycles. The first-order chi connectivity index (χ1) is 13.6. The van der Waals surface area contributed by atoms with E-state index in [-0.39, 0.29) is 12.5 Å². The molecule has 0 unspecified atom stereocenters. The summed E-state index contributed by atoms with van der Waals surface area (Å²) >= 11 is 0. The highest BCUT2D eigenvalue weighted by Crippen LogP contribution is 2.22. The zero-order valence-electron chi connectivity index (χ0n) is 15.7. The first kappa shape index (κ1) is 18.4. The third kappa shape index (κ3) is 3.68. The van der Waals surface area contributed by atoms with Gasteiger partial charge >= 0.3 is 0 Å². The Morgan fingerprint density at radius 2 is 1.43 bits per heavy atom. The fourth-order valence-corrected chi connectivity index (χ4v) is 3.84. The predicted octanol–water partition coefficient (Wildman–Crippen LogP) is 2.19.